The van der Waals surface area contributed by atoms with Gasteiger partial charge in [-0.2, -0.15) is 22.0 Å². The zero-order valence-corrected chi connectivity index (χ0v) is 20.6. The van der Waals surface area contributed by atoms with E-state index in [9.17, 15) is 31.5 Å². The number of amides is 2. The van der Waals surface area contributed by atoms with Gasteiger partial charge in [-0.05, 0) is 48.7 Å². The number of aromatic nitrogens is 2. The monoisotopic (exact) mass is 586 g/mol. The van der Waals surface area contributed by atoms with Crippen molar-refractivity contribution in [1.29, 1.82) is 0 Å². The second kappa shape index (κ2) is 10.9. The lowest BCUT2D eigenvalue weighted by Gasteiger charge is -2.30. The molecule has 0 bridgehead atoms. The van der Waals surface area contributed by atoms with Gasteiger partial charge in [0.25, 0.3) is 0 Å². The van der Waals surface area contributed by atoms with Crippen LogP contribution in [0.15, 0.2) is 53.1 Å². The number of piperidine rings is 1. The van der Waals surface area contributed by atoms with Gasteiger partial charge in [0.05, 0.1) is 17.5 Å². The molecule has 1 fully saturated rings. The van der Waals surface area contributed by atoms with Crippen LogP contribution in [0.25, 0.3) is 11.3 Å². The lowest BCUT2D eigenvalue weighted by molar-refractivity contribution is -0.143. The van der Waals surface area contributed by atoms with E-state index in [-0.39, 0.29) is 24.7 Å². The number of alkyl halides is 5. The van der Waals surface area contributed by atoms with E-state index >= 15 is 0 Å². The Hall–Kier alpha value is -3.48. The van der Waals surface area contributed by atoms with Crippen LogP contribution in [0.1, 0.15) is 30.1 Å². The summed E-state index contributed by atoms with van der Waals surface area (Å²) in [5.41, 5.74) is -0.0599. The number of imidazole rings is 1. The van der Waals surface area contributed by atoms with Crippen LogP contribution in [0.5, 0.6) is 5.75 Å². The minimum absolute atomic E-state index is 0.0352. The molecule has 3 aromatic rings. The van der Waals surface area contributed by atoms with Gasteiger partial charge in [0.15, 0.2) is 0 Å². The Bertz CT molecular complexity index is 1270. The Morgan fingerprint density at radius 2 is 1.78 bits per heavy atom. The number of carbonyl (C=O) groups excluding carboxylic acids is 2. The number of nitrogens with one attached hydrogen (secondary N) is 2. The molecule has 0 aliphatic carbocycles. The van der Waals surface area contributed by atoms with E-state index in [1.807, 2.05) is 24.3 Å². The maximum Gasteiger partial charge on any atom is 0.420 e. The number of hydrogen-bond acceptors (Lipinski definition) is 4. The maximum atomic E-state index is 13.2. The highest BCUT2D eigenvalue weighted by Crippen LogP contribution is 2.38. The zero-order chi connectivity index (χ0) is 26.7. The number of carbonyl (C=O) groups is 2. The number of aromatic amines is 1. The highest BCUT2D eigenvalue weighted by atomic mass is 79.9. The largest absolute Gasteiger partial charge is 0.434 e. The molecule has 0 spiro atoms. The molecule has 2 amide bonds. The van der Waals surface area contributed by atoms with Gasteiger partial charge in [-0.1, -0.05) is 28.1 Å². The number of nitrogens with zero attached hydrogens (tertiary/aromatic N) is 2. The van der Waals surface area contributed by atoms with Gasteiger partial charge in [0, 0.05) is 29.2 Å². The Morgan fingerprint density at radius 1 is 1.11 bits per heavy atom. The number of benzene rings is 2. The van der Waals surface area contributed by atoms with Crippen molar-refractivity contribution in [3.8, 4) is 17.0 Å². The molecule has 2 N–H and O–H groups in total. The molecule has 0 unspecified atom stereocenters. The Kier molecular flexibility index (Phi) is 7.81. The SMILES string of the molecule is O=C(Nc1ccc(OC(F)F)c(C(F)(F)F)c1)C(=O)N1CCC(c2ncc(-c3ccc(Br)cc3)[nH]2)CC1. The third kappa shape index (κ3) is 6.45. The van der Waals surface area contributed by atoms with E-state index in [1.165, 1.54) is 4.90 Å². The van der Waals surface area contributed by atoms with Crippen molar-refractivity contribution >= 4 is 33.4 Å². The van der Waals surface area contributed by atoms with Gasteiger partial charge in [-0.25, -0.2) is 4.98 Å². The summed E-state index contributed by atoms with van der Waals surface area (Å²) in [5, 5.41) is 2.11. The van der Waals surface area contributed by atoms with Gasteiger partial charge in [0.2, 0.25) is 0 Å². The van der Waals surface area contributed by atoms with Gasteiger partial charge in [0.1, 0.15) is 11.6 Å². The predicted molar refractivity (Wildman–Crippen MR) is 127 cm³/mol. The van der Waals surface area contributed by atoms with Crippen LogP contribution in [0.4, 0.5) is 27.6 Å². The molecule has 0 radical (unpaired) electrons. The molecule has 1 saturated heterocycles. The quantitative estimate of drug-likeness (QED) is 0.292. The van der Waals surface area contributed by atoms with E-state index in [4.69, 9.17) is 0 Å². The van der Waals surface area contributed by atoms with Crippen molar-refractivity contribution in [3.63, 3.8) is 0 Å². The van der Waals surface area contributed by atoms with E-state index in [2.05, 4.69) is 36.0 Å². The summed E-state index contributed by atoms with van der Waals surface area (Å²) in [4.78, 5) is 34.1. The number of anilines is 1. The number of rotatable bonds is 5. The lowest BCUT2D eigenvalue weighted by atomic mass is 9.96. The predicted octanol–water partition coefficient (Wildman–Crippen LogP) is 5.80. The highest BCUT2D eigenvalue weighted by Gasteiger charge is 2.36. The minimum atomic E-state index is -5.01. The second-order valence-corrected chi connectivity index (χ2v) is 9.21. The summed E-state index contributed by atoms with van der Waals surface area (Å²) >= 11 is 3.39. The van der Waals surface area contributed by atoms with Gasteiger partial charge < -0.3 is 19.9 Å². The highest BCUT2D eigenvalue weighted by molar-refractivity contribution is 9.10. The first-order valence-electron chi connectivity index (χ1n) is 11.1. The summed E-state index contributed by atoms with van der Waals surface area (Å²) in [6, 6.07) is 9.77. The smallest absolute Gasteiger partial charge is 0.420 e. The van der Waals surface area contributed by atoms with Gasteiger partial charge in [-0.3, -0.25) is 9.59 Å². The second-order valence-electron chi connectivity index (χ2n) is 8.30. The third-order valence-corrected chi connectivity index (χ3v) is 6.40. The molecule has 0 atom stereocenters. The van der Waals surface area contributed by atoms with Crippen LogP contribution >= 0.6 is 15.9 Å². The molecule has 7 nitrogen and oxygen atoms in total. The van der Waals surface area contributed by atoms with Crippen molar-refractivity contribution in [2.45, 2.75) is 31.5 Å². The van der Waals surface area contributed by atoms with Crippen molar-refractivity contribution < 1.29 is 36.3 Å². The molecule has 1 aliphatic rings. The summed E-state index contributed by atoms with van der Waals surface area (Å²) in [7, 11) is 0. The summed E-state index contributed by atoms with van der Waals surface area (Å²) in [6.07, 6.45) is -2.22. The lowest BCUT2D eigenvalue weighted by Crippen LogP contribution is -2.44. The average Bonchev–Trinajstić information content (AvgIpc) is 3.34. The fraction of sp³-hybridized carbons (Fsp3) is 0.292. The van der Waals surface area contributed by atoms with Crippen LogP contribution in [0.3, 0.4) is 0 Å². The van der Waals surface area contributed by atoms with Crippen molar-refractivity contribution in [1.82, 2.24) is 14.9 Å². The van der Waals surface area contributed by atoms with E-state index < -0.39 is 35.9 Å². The number of ether oxygens (including phenoxy) is 1. The van der Waals surface area contributed by atoms with Crippen molar-refractivity contribution in [3.05, 3.63) is 64.5 Å². The molecular formula is C24H20BrF5N4O3. The zero-order valence-electron chi connectivity index (χ0n) is 19.0. The van der Waals surface area contributed by atoms with E-state index in [1.54, 1.807) is 6.20 Å². The van der Waals surface area contributed by atoms with Crippen LogP contribution < -0.4 is 10.1 Å². The fourth-order valence-corrected chi connectivity index (χ4v) is 4.30. The summed E-state index contributed by atoms with van der Waals surface area (Å²) in [6.45, 7) is -2.96. The topological polar surface area (TPSA) is 87.3 Å². The number of hydrogen-bond donors (Lipinski definition) is 2. The molecular weight excluding hydrogens is 567 g/mol. The number of likely N-dealkylation sites (tertiary alicyclic amines) is 1. The Balaban J connectivity index is 1.36. The Morgan fingerprint density at radius 3 is 2.41 bits per heavy atom. The molecule has 196 valence electrons. The molecule has 2 heterocycles. The first kappa shape index (κ1) is 26.6. The maximum absolute atomic E-state index is 13.2. The van der Waals surface area contributed by atoms with E-state index in [0.717, 1.165) is 27.6 Å². The molecule has 1 aromatic heterocycles. The van der Waals surface area contributed by atoms with E-state index in [0.29, 0.717) is 25.0 Å². The standard InChI is InChI=1S/C24H20BrF5N4O3/c25-15-3-1-13(2-4-15)18-12-31-20(33-18)14-7-9-34(10-8-14)22(36)21(35)32-16-5-6-19(37-23(26)27)17(11-16)24(28,29)30/h1-6,11-12,14,23H,7-10H2,(H,31,33)(H,32,35). The normalized spacial score (nSPS) is 14.6. The first-order chi connectivity index (χ1) is 17.5. The molecule has 13 heteroatoms. The van der Waals surface area contributed by atoms with Crippen LogP contribution in [0, 0.1) is 0 Å². The minimum Gasteiger partial charge on any atom is -0.434 e. The molecule has 37 heavy (non-hydrogen) atoms. The fourth-order valence-electron chi connectivity index (χ4n) is 4.03. The Labute approximate surface area is 216 Å². The van der Waals surface area contributed by atoms with Crippen molar-refractivity contribution in [2.24, 2.45) is 0 Å². The van der Waals surface area contributed by atoms with Crippen LogP contribution in [0.2, 0.25) is 0 Å². The van der Waals surface area contributed by atoms with Crippen molar-refractivity contribution in [2.75, 3.05) is 18.4 Å². The summed E-state index contributed by atoms with van der Waals surface area (Å²) in [5.74, 6) is -2.33. The summed E-state index contributed by atoms with van der Waals surface area (Å²) < 4.78 is 69.4. The van der Waals surface area contributed by atoms with Gasteiger partial charge >= 0.3 is 24.6 Å². The van der Waals surface area contributed by atoms with Crippen LogP contribution in [-0.2, 0) is 15.8 Å². The first-order valence-corrected chi connectivity index (χ1v) is 11.9. The molecule has 2 aromatic carbocycles. The number of H-pyrrole nitrogens is 1. The molecule has 1 aliphatic heterocycles. The van der Waals surface area contributed by atoms with Crippen LogP contribution in [-0.4, -0.2) is 46.4 Å². The molecule has 0 saturated carbocycles. The number of halogens is 6. The van der Waals surface area contributed by atoms with Gasteiger partial charge in [-0.15, -0.1) is 0 Å². The third-order valence-electron chi connectivity index (χ3n) is 5.87. The average molecular weight is 587 g/mol. The molecule has 4 rings (SSSR count).